The predicted molar refractivity (Wildman–Crippen MR) is 154 cm³/mol. The summed E-state index contributed by atoms with van der Waals surface area (Å²) < 4.78 is 32.0. The maximum Gasteiger partial charge on any atom is 0.261 e. The lowest BCUT2D eigenvalue weighted by Crippen LogP contribution is -2.48. The number of rotatable bonds is 25. The third-order valence-corrected chi connectivity index (χ3v) is 5.87. The first-order chi connectivity index (χ1) is 20.4. The molecule has 2 N–H and O–H groups in total. The Morgan fingerprint density at radius 2 is 1.55 bits per heavy atom. The van der Waals surface area contributed by atoms with E-state index in [0.29, 0.717) is 83.6 Å². The van der Waals surface area contributed by atoms with Gasteiger partial charge in [-0.2, -0.15) is 0 Å². The van der Waals surface area contributed by atoms with Gasteiger partial charge in [0.05, 0.1) is 59.5 Å². The smallest absolute Gasteiger partial charge is 0.261 e. The molecule has 0 radical (unpaired) electrons. The highest BCUT2D eigenvalue weighted by Gasteiger charge is 2.30. The van der Waals surface area contributed by atoms with Crippen LogP contribution in [0, 0.1) is 6.92 Å². The standard InChI is InChI=1S/C29H45N3O10/c1-5-6-9-25(28(35)30-3)32(22-33)29(36)24-8-7-10-26(23(24)2)42-21-27(34)31-11-12-38-15-16-40-19-20-41-18-17-39-14-13-37-4/h5,7-8,10,22,25H,1,6,9,11-21H2,2-4H3,(H,30,35)(H,31,34). The van der Waals surface area contributed by atoms with Gasteiger partial charge in [-0.1, -0.05) is 12.1 Å². The molecule has 0 aromatic heterocycles. The highest BCUT2D eigenvalue weighted by Crippen LogP contribution is 2.23. The van der Waals surface area contributed by atoms with Crippen LogP contribution in [0.15, 0.2) is 30.9 Å². The summed E-state index contributed by atoms with van der Waals surface area (Å²) in [6.45, 7) is 9.35. The van der Waals surface area contributed by atoms with E-state index < -0.39 is 17.9 Å². The molecule has 4 amide bonds. The van der Waals surface area contributed by atoms with Crippen LogP contribution in [0.1, 0.15) is 28.8 Å². The average Bonchev–Trinajstić information content (AvgIpc) is 3.00. The molecule has 13 heteroatoms. The number of nitrogens with one attached hydrogen (secondary N) is 2. The highest BCUT2D eigenvalue weighted by molar-refractivity contribution is 6.04. The highest BCUT2D eigenvalue weighted by atomic mass is 16.6. The Bertz CT molecular complexity index is 960. The molecule has 236 valence electrons. The fourth-order valence-electron chi connectivity index (χ4n) is 3.60. The quantitative estimate of drug-likeness (QED) is 0.0947. The Balaban J connectivity index is 2.36. The first-order valence-corrected chi connectivity index (χ1v) is 13.8. The van der Waals surface area contributed by atoms with Gasteiger partial charge in [-0.05, 0) is 31.9 Å². The van der Waals surface area contributed by atoms with Crippen molar-refractivity contribution in [3.8, 4) is 5.75 Å². The van der Waals surface area contributed by atoms with E-state index in [1.165, 1.54) is 13.1 Å². The zero-order valence-corrected chi connectivity index (χ0v) is 24.9. The third-order valence-electron chi connectivity index (χ3n) is 5.87. The molecular weight excluding hydrogens is 550 g/mol. The van der Waals surface area contributed by atoms with Crippen LogP contribution in [0.4, 0.5) is 0 Å². The second-order valence-electron chi connectivity index (χ2n) is 8.82. The number of benzene rings is 1. The number of ether oxygens (including phenoxy) is 6. The molecule has 0 aliphatic heterocycles. The van der Waals surface area contributed by atoms with E-state index >= 15 is 0 Å². The minimum atomic E-state index is -0.988. The van der Waals surface area contributed by atoms with Crippen molar-refractivity contribution in [3.63, 3.8) is 0 Å². The number of amides is 4. The molecule has 0 fully saturated rings. The van der Waals surface area contributed by atoms with Crippen LogP contribution in [0.25, 0.3) is 0 Å². The van der Waals surface area contributed by atoms with Gasteiger partial charge >= 0.3 is 0 Å². The van der Waals surface area contributed by atoms with Crippen molar-refractivity contribution in [3.05, 3.63) is 42.0 Å². The summed E-state index contributed by atoms with van der Waals surface area (Å²) in [5.41, 5.74) is 0.618. The molecule has 42 heavy (non-hydrogen) atoms. The molecule has 0 bridgehead atoms. The molecule has 1 unspecified atom stereocenters. The van der Waals surface area contributed by atoms with E-state index in [0.717, 1.165) is 4.90 Å². The van der Waals surface area contributed by atoms with Gasteiger partial charge in [0.1, 0.15) is 11.8 Å². The van der Waals surface area contributed by atoms with Gasteiger partial charge in [0, 0.05) is 31.8 Å². The van der Waals surface area contributed by atoms with E-state index in [4.69, 9.17) is 28.4 Å². The van der Waals surface area contributed by atoms with Crippen LogP contribution < -0.4 is 15.4 Å². The Kier molecular flexibility index (Phi) is 20.3. The van der Waals surface area contributed by atoms with Gasteiger partial charge in [-0.3, -0.25) is 24.1 Å². The number of imide groups is 1. The van der Waals surface area contributed by atoms with Crippen molar-refractivity contribution in [1.82, 2.24) is 15.5 Å². The van der Waals surface area contributed by atoms with Crippen LogP contribution in [-0.2, 0) is 38.1 Å². The molecule has 0 spiro atoms. The van der Waals surface area contributed by atoms with Crippen LogP contribution in [0.2, 0.25) is 0 Å². The van der Waals surface area contributed by atoms with Crippen LogP contribution in [-0.4, -0.2) is 122 Å². The number of carbonyl (C=O) groups is 4. The molecule has 0 saturated carbocycles. The molecular formula is C29H45N3O10. The van der Waals surface area contributed by atoms with Gasteiger partial charge in [0.15, 0.2) is 6.61 Å². The molecule has 0 heterocycles. The maximum atomic E-state index is 13.2. The largest absolute Gasteiger partial charge is 0.483 e. The van der Waals surface area contributed by atoms with Crippen molar-refractivity contribution < 1.29 is 47.6 Å². The van der Waals surface area contributed by atoms with Crippen molar-refractivity contribution in [2.24, 2.45) is 0 Å². The third kappa shape index (κ3) is 14.5. The zero-order chi connectivity index (χ0) is 31.0. The lowest BCUT2D eigenvalue weighted by atomic mass is 10.0. The zero-order valence-electron chi connectivity index (χ0n) is 24.9. The van der Waals surface area contributed by atoms with Crippen LogP contribution >= 0.6 is 0 Å². The monoisotopic (exact) mass is 595 g/mol. The van der Waals surface area contributed by atoms with Crippen molar-refractivity contribution in [1.29, 1.82) is 0 Å². The number of hydrogen-bond donors (Lipinski definition) is 2. The molecule has 1 aromatic rings. The predicted octanol–water partition coefficient (Wildman–Crippen LogP) is 0.882. The second kappa shape index (κ2) is 23.2. The molecule has 13 nitrogen and oxygen atoms in total. The van der Waals surface area contributed by atoms with Crippen LogP contribution in [0.3, 0.4) is 0 Å². The lowest BCUT2D eigenvalue weighted by Gasteiger charge is -2.26. The van der Waals surface area contributed by atoms with Gasteiger partial charge in [-0.15, -0.1) is 6.58 Å². The summed E-state index contributed by atoms with van der Waals surface area (Å²) in [6, 6.07) is 3.74. The minimum absolute atomic E-state index is 0.182. The van der Waals surface area contributed by atoms with E-state index in [-0.39, 0.29) is 31.0 Å². The number of carbonyl (C=O) groups excluding carboxylic acids is 4. The van der Waals surface area contributed by atoms with Gasteiger partial charge < -0.3 is 39.1 Å². The first-order valence-electron chi connectivity index (χ1n) is 13.8. The summed E-state index contributed by atoms with van der Waals surface area (Å²) >= 11 is 0. The Morgan fingerprint density at radius 1 is 0.952 bits per heavy atom. The molecule has 1 rings (SSSR count). The Labute approximate surface area is 247 Å². The fraction of sp³-hybridized carbons (Fsp3) is 0.586. The number of allylic oxidation sites excluding steroid dienone is 1. The van der Waals surface area contributed by atoms with Crippen molar-refractivity contribution in [2.75, 3.05) is 86.8 Å². The van der Waals surface area contributed by atoms with E-state index in [1.807, 2.05) is 0 Å². The fourth-order valence-corrected chi connectivity index (χ4v) is 3.60. The molecule has 0 saturated heterocycles. The van der Waals surface area contributed by atoms with Crippen LogP contribution in [0.5, 0.6) is 5.75 Å². The Hall–Kier alpha value is -3.36. The number of hydrogen-bond acceptors (Lipinski definition) is 10. The Morgan fingerprint density at radius 3 is 2.10 bits per heavy atom. The normalized spacial score (nSPS) is 11.4. The van der Waals surface area contributed by atoms with E-state index in [9.17, 15) is 19.2 Å². The second-order valence-corrected chi connectivity index (χ2v) is 8.82. The summed E-state index contributed by atoms with van der Waals surface area (Å²) in [5, 5.41) is 5.17. The first kappa shape index (κ1) is 36.7. The van der Waals surface area contributed by atoms with Gasteiger partial charge in [0.2, 0.25) is 12.3 Å². The number of likely N-dealkylation sites (N-methyl/N-ethyl adjacent to an activating group) is 1. The SMILES string of the molecule is C=CCCC(C(=O)NC)N(C=O)C(=O)c1cccc(OCC(=O)NCCOCCOCCOCCOCCOC)c1C. The average molecular weight is 596 g/mol. The van der Waals surface area contributed by atoms with E-state index in [2.05, 4.69) is 17.2 Å². The summed E-state index contributed by atoms with van der Waals surface area (Å²) in [5.74, 6) is -1.17. The lowest BCUT2D eigenvalue weighted by molar-refractivity contribution is -0.130. The molecule has 0 aliphatic rings. The van der Waals surface area contributed by atoms with Crippen molar-refractivity contribution in [2.45, 2.75) is 25.8 Å². The summed E-state index contributed by atoms with van der Waals surface area (Å²) in [6.07, 6.45) is 2.63. The summed E-state index contributed by atoms with van der Waals surface area (Å²) in [7, 11) is 3.06. The van der Waals surface area contributed by atoms with Gasteiger partial charge in [0.25, 0.3) is 11.8 Å². The van der Waals surface area contributed by atoms with Crippen molar-refractivity contribution >= 4 is 24.1 Å². The number of nitrogens with zero attached hydrogens (tertiary/aromatic N) is 1. The number of methoxy groups -OCH3 is 1. The maximum absolute atomic E-state index is 13.2. The molecule has 1 aromatic carbocycles. The van der Waals surface area contributed by atoms with E-state index in [1.54, 1.807) is 32.2 Å². The molecule has 1 atom stereocenters. The minimum Gasteiger partial charge on any atom is -0.483 e. The summed E-state index contributed by atoms with van der Waals surface area (Å²) in [4.78, 5) is 50.4. The topological polar surface area (TPSA) is 151 Å². The van der Waals surface area contributed by atoms with Gasteiger partial charge in [-0.25, -0.2) is 0 Å². The molecule has 0 aliphatic carbocycles.